The third kappa shape index (κ3) is 4.82. The Bertz CT molecular complexity index is 561. The fraction of sp³-hybridized carbons (Fsp3) is 0.133. The normalized spacial score (nSPS) is 10.7. The fourth-order valence-electron chi connectivity index (χ4n) is 1.48. The summed E-state index contributed by atoms with van der Waals surface area (Å²) in [5, 5.41) is 3.37. The average Bonchev–Trinajstić information content (AvgIpc) is 2.96. The van der Waals surface area contributed by atoms with E-state index in [1.165, 1.54) is 6.08 Å². The van der Waals surface area contributed by atoms with Gasteiger partial charge in [0.25, 0.3) is 0 Å². The molecule has 0 bridgehead atoms. The molecule has 0 atom stereocenters. The van der Waals surface area contributed by atoms with Gasteiger partial charge in [-0.1, -0.05) is 11.6 Å². The lowest BCUT2D eigenvalue weighted by Crippen LogP contribution is -2.26. The van der Waals surface area contributed by atoms with E-state index in [1.54, 1.807) is 48.7 Å². The summed E-state index contributed by atoms with van der Waals surface area (Å²) >= 11 is 5.76. The number of carbonyl (C=O) groups excluding carboxylic acids is 1. The number of furan rings is 1. The maximum atomic E-state index is 11.5. The predicted molar refractivity (Wildman–Crippen MR) is 77.7 cm³/mol. The molecule has 0 aliphatic carbocycles. The highest BCUT2D eigenvalue weighted by atomic mass is 35.5. The Morgan fingerprint density at radius 1 is 1.30 bits per heavy atom. The van der Waals surface area contributed by atoms with E-state index in [0.29, 0.717) is 23.9 Å². The zero-order valence-electron chi connectivity index (χ0n) is 10.7. The number of rotatable bonds is 6. The highest BCUT2D eigenvalue weighted by Crippen LogP contribution is 2.15. The van der Waals surface area contributed by atoms with Crippen molar-refractivity contribution in [2.45, 2.75) is 0 Å². The van der Waals surface area contributed by atoms with Gasteiger partial charge in [-0.05, 0) is 42.5 Å². The first-order valence-corrected chi connectivity index (χ1v) is 6.49. The number of ether oxygens (including phenoxy) is 1. The van der Waals surface area contributed by atoms with Crippen LogP contribution < -0.4 is 10.1 Å². The molecule has 2 aromatic rings. The summed E-state index contributed by atoms with van der Waals surface area (Å²) in [6.07, 6.45) is 4.58. The van der Waals surface area contributed by atoms with Gasteiger partial charge in [0, 0.05) is 11.1 Å². The van der Waals surface area contributed by atoms with E-state index in [-0.39, 0.29) is 5.91 Å². The maximum Gasteiger partial charge on any atom is 0.244 e. The van der Waals surface area contributed by atoms with Crippen molar-refractivity contribution in [3.63, 3.8) is 0 Å². The molecular formula is C15H14ClNO3. The van der Waals surface area contributed by atoms with Gasteiger partial charge in [0.1, 0.15) is 18.1 Å². The lowest BCUT2D eigenvalue weighted by molar-refractivity contribution is -0.116. The van der Waals surface area contributed by atoms with Gasteiger partial charge in [0.15, 0.2) is 0 Å². The molecule has 2 rings (SSSR count). The number of amides is 1. The van der Waals surface area contributed by atoms with Crippen LogP contribution in [0.1, 0.15) is 5.76 Å². The second kappa shape index (κ2) is 7.40. The minimum Gasteiger partial charge on any atom is -0.492 e. The van der Waals surface area contributed by atoms with Crippen molar-refractivity contribution < 1.29 is 13.9 Å². The van der Waals surface area contributed by atoms with Crippen molar-refractivity contribution in [2.24, 2.45) is 0 Å². The molecule has 104 valence electrons. The van der Waals surface area contributed by atoms with E-state index in [2.05, 4.69) is 5.32 Å². The average molecular weight is 292 g/mol. The van der Waals surface area contributed by atoms with Crippen LogP contribution in [0.15, 0.2) is 53.2 Å². The molecule has 20 heavy (non-hydrogen) atoms. The third-order valence-corrected chi connectivity index (χ3v) is 2.68. The summed E-state index contributed by atoms with van der Waals surface area (Å²) in [7, 11) is 0. The molecule has 0 saturated heterocycles. The van der Waals surface area contributed by atoms with Crippen molar-refractivity contribution in [3.05, 3.63) is 59.5 Å². The number of halogens is 1. The molecular weight excluding hydrogens is 278 g/mol. The summed E-state index contributed by atoms with van der Waals surface area (Å²) in [4.78, 5) is 11.5. The highest BCUT2D eigenvalue weighted by Gasteiger charge is 1.97. The number of benzene rings is 1. The van der Waals surface area contributed by atoms with Gasteiger partial charge in [0.2, 0.25) is 5.91 Å². The second-order valence-electron chi connectivity index (χ2n) is 3.94. The van der Waals surface area contributed by atoms with Crippen molar-refractivity contribution >= 4 is 23.6 Å². The minimum atomic E-state index is -0.193. The second-order valence-corrected chi connectivity index (χ2v) is 4.38. The lowest BCUT2D eigenvalue weighted by atomic mass is 10.3. The smallest absolute Gasteiger partial charge is 0.244 e. The van der Waals surface area contributed by atoms with Gasteiger partial charge >= 0.3 is 0 Å². The Labute approximate surface area is 122 Å². The molecule has 1 aromatic carbocycles. The largest absolute Gasteiger partial charge is 0.492 e. The standard InChI is InChI=1S/C15H14ClNO3/c16-12-3-5-14(6-4-12)20-11-9-17-15(18)8-7-13-2-1-10-19-13/h1-8,10H,9,11H2,(H,17,18)/b8-7+. The van der Waals surface area contributed by atoms with Crippen LogP contribution in [0.3, 0.4) is 0 Å². The maximum absolute atomic E-state index is 11.5. The summed E-state index contributed by atoms with van der Waals surface area (Å²) < 4.78 is 10.5. The van der Waals surface area contributed by atoms with Crippen LogP contribution in [0.4, 0.5) is 0 Å². The summed E-state index contributed by atoms with van der Waals surface area (Å²) in [6, 6.07) is 10.6. The van der Waals surface area contributed by atoms with Crippen LogP contribution in [0.25, 0.3) is 6.08 Å². The minimum absolute atomic E-state index is 0.193. The predicted octanol–water partition coefficient (Wildman–Crippen LogP) is 3.14. The molecule has 5 heteroatoms. The molecule has 0 saturated carbocycles. The number of hydrogen-bond acceptors (Lipinski definition) is 3. The van der Waals surface area contributed by atoms with E-state index in [0.717, 1.165) is 5.75 Å². The van der Waals surface area contributed by atoms with E-state index < -0.39 is 0 Å². The van der Waals surface area contributed by atoms with Crippen LogP contribution in [-0.4, -0.2) is 19.1 Å². The van der Waals surface area contributed by atoms with Crippen LogP contribution in [0.5, 0.6) is 5.75 Å². The molecule has 0 fully saturated rings. The molecule has 0 aliphatic rings. The molecule has 0 radical (unpaired) electrons. The van der Waals surface area contributed by atoms with Crippen LogP contribution >= 0.6 is 11.6 Å². The first kappa shape index (κ1) is 14.2. The SMILES string of the molecule is O=C(/C=C/c1ccco1)NCCOc1ccc(Cl)cc1. The van der Waals surface area contributed by atoms with Crippen LogP contribution in [0.2, 0.25) is 5.02 Å². The van der Waals surface area contributed by atoms with Gasteiger partial charge in [-0.25, -0.2) is 0 Å². The summed E-state index contributed by atoms with van der Waals surface area (Å²) in [6.45, 7) is 0.811. The third-order valence-electron chi connectivity index (χ3n) is 2.43. The topological polar surface area (TPSA) is 51.5 Å². The van der Waals surface area contributed by atoms with Crippen molar-refractivity contribution in [2.75, 3.05) is 13.2 Å². The molecule has 1 heterocycles. The monoisotopic (exact) mass is 291 g/mol. The van der Waals surface area contributed by atoms with Crippen molar-refractivity contribution in [1.82, 2.24) is 5.32 Å². The highest BCUT2D eigenvalue weighted by molar-refractivity contribution is 6.30. The molecule has 1 amide bonds. The number of nitrogens with one attached hydrogen (secondary N) is 1. The van der Waals surface area contributed by atoms with E-state index in [1.807, 2.05) is 0 Å². The van der Waals surface area contributed by atoms with E-state index >= 15 is 0 Å². The Morgan fingerprint density at radius 2 is 2.10 bits per heavy atom. The number of carbonyl (C=O) groups is 1. The van der Waals surface area contributed by atoms with Gasteiger partial charge < -0.3 is 14.5 Å². The molecule has 1 N–H and O–H groups in total. The summed E-state index contributed by atoms with van der Waals surface area (Å²) in [5.74, 6) is 1.16. The zero-order valence-corrected chi connectivity index (χ0v) is 11.5. The molecule has 0 spiro atoms. The molecule has 0 unspecified atom stereocenters. The first-order chi connectivity index (χ1) is 9.74. The van der Waals surface area contributed by atoms with Crippen molar-refractivity contribution in [1.29, 1.82) is 0 Å². The molecule has 1 aromatic heterocycles. The van der Waals surface area contributed by atoms with E-state index in [9.17, 15) is 4.79 Å². The van der Waals surface area contributed by atoms with Crippen LogP contribution in [0, 0.1) is 0 Å². The lowest BCUT2D eigenvalue weighted by Gasteiger charge is -2.06. The van der Waals surface area contributed by atoms with Gasteiger partial charge in [-0.2, -0.15) is 0 Å². The quantitative estimate of drug-likeness (QED) is 0.657. The van der Waals surface area contributed by atoms with Crippen LogP contribution in [-0.2, 0) is 4.79 Å². The first-order valence-electron chi connectivity index (χ1n) is 6.12. The van der Waals surface area contributed by atoms with Gasteiger partial charge in [-0.3, -0.25) is 4.79 Å². The molecule has 4 nitrogen and oxygen atoms in total. The van der Waals surface area contributed by atoms with E-state index in [4.69, 9.17) is 20.8 Å². The summed E-state index contributed by atoms with van der Waals surface area (Å²) in [5.41, 5.74) is 0. The Morgan fingerprint density at radius 3 is 2.80 bits per heavy atom. The Kier molecular flexibility index (Phi) is 5.26. The fourth-order valence-corrected chi connectivity index (χ4v) is 1.60. The Hall–Kier alpha value is -2.20. The van der Waals surface area contributed by atoms with Crippen molar-refractivity contribution in [3.8, 4) is 5.75 Å². The van der Waals surface area contributed by atoms with Gasteiger partial charge in [0.05, 0.1) is 12.8 Å². The number of hydrogen-bond donors (Lipinski definition) is 1. The van der Waals surface area contributed by atoms with Gasteiger partial charge in [-0.15, -0.1) is 0 Å². The molecule has 0 aliphatic heterocycles. The zero-order chi connectivity index (χ0) is 14.2. The Balaban J connectivity index is 1.65.